The number of carbonyl (C=O) groups excluding carboxylic acids is 4. The predicted octanol–water partition coefficient (Wildman–Crippen LogP) is 7.12. The molecule has 0 amide bonds. The Balaban J connectivity index is 1.19. The lowest BCUT2D eigenvalue weighted by atomic mass is 9.96. The van der Waals surface area contributed by atoms with Crippen molar-refractivity contribution in [3.63, 3.8) is 0 Å². The lowest BCUT2D eigenvalue weighted by Gasteiger charge is -2.51. The molecule has 0 aromatic heterocycles. The zero-order chi connectivity index (χ0) is 45.1. The summed E-state index contributed by atoms with van der Waals surface area (Å²) < 4.78 is 63.8. The first-order valence-corrected chi connectivity index (χ1v) is 22.0. The Morgan fingerprint density at radius 2 is 1.14 bits per heavy atom. The highest BCUT2D eigenvalue weighted by Gasteiger charge is 2.57. The number of thioether (sulfide) groups is 1. The van der Waals surface area contributed by atoms with Gasteiger partial charge in [0.05, 0.1) is 35.2 Å². The SMILES string of the molecule is CO[C@@H]1O[C@H](COC(=O)c2ccccc2)[C@@H](O[C@@H]2O[C@@H]3CO[C@@H](c4ccccc4)O[C@@H]3[C@H](SC(C)=O)[C@H]2OCc2ccccc2)[C@H](OC(=O)c2ccccc2)[C@H]1OC(=O)c1ccccc1. The van der Waals surface area contributed by atoms with E-state index >= 15 is 0 Å². The van der Waals surface area contributed by atoms with Crippen LogP contribution in [0.1, 0.15) is 55.4 Å². The molecule has 0 saturated carbocycles. The van der Waals surface area contributed by atoms with E-state index in [1.54, 1.807) is 91.0 Å². The monoisotopic (exact) mass is 904 g/mol. The van der Waals surface area contributed by atoms with Crippen molar-refractivity contribution >= 4 is 34.8 Å². The minimum Gasteiger partial charge on any atom is -0.459 e. The van der Waals surface area contributed by atoms with Crippen molar-refractivity contribution in [2.24, 2.45) is 0 Å². The maximum absolute atomic E-state index is 14.1. The van der Waals surface area contributed by atoms with Crippen LogP contribution in [0.15, 0.2) is 152 Å². The van der Waals surface area contributed by atoms with Crippen LogP contribution in [0.2, 0.25) is 0 Å². The van der Waals surface area contributed by atoms with Gasteiger partial charge in [0.2, 0.25) is 0 Å². The first kappa shape index (κ1) is 45.8. The summed E-state index contributed by atoms with van der Waals surface area (Å²) in [6.07, 6.45) is -11.7. The molecule has 0 N–H and O–H groups in total. The molecule has 3 heterocycles. The van der Waals surface area contributed by atoms with Crippen LogP contribution in [-0.4, -0.2) is 104 Å². The molecule has 3 saturated heterocycles. The molecule has 5 aromatic carbocycles. The van der Waals surface area contributed by atoms with Gasteiger partial charge >= 0.3 is 17.9 Å². The lowest BCUT2D eigenvalue weighted by Crippen LogP contribution is -2.66. The van der Waals surface area contributed by atoms with Crippen molar-refractivity contribution in [2.75, 3.05) is 20.3 Å². The Bertz CT molecular complexity index is 2320. The number of hydrogen-bond donors (Lipinski definition) is 0. The molecule has 338 valence electrons. The fourth-order valence-electron chi connectivity index (χ4n) is 7.83. The first-order valence-electron chi connectivity index (χ1n) is 21.1. The molecule has 0 aliphatic carbocycles. The van der Waals surface area contributed by atoms with E-state index in [4.69, 9.17) is 47.4 Å². The highest BCUT2D eigenvalue weighted by Crippen LogP contribution is 2.42. The number of ether oxygens (including phenoxy) is 10. The summed E-state index contributed by atoms with van der Waals surface area (Å²) in [5, 5.41) is -0.955. The Labute approximate surface area is 380 Å². The summed E-state index contributed by atoms with van der Waals surface area (Å²) in [7, 11) is 1.34. The van der Waals surface area contributed by atoms with Crippen LogP contribution in [-0.2, 0) is 58.8 Å². The Kier molecular flexibility index (Phi) is 15.5. The minimum atomic E-state index is -1.49. The van der Waals surface area contributed by atoms with Crippen LogP contribution < -0.4 is 0 Å². The van der Waals surface area contributed by atoms with Crippen LogP contribution in [0.25, 0.3) is 0 Å². The van der Waals surface area contributed by atoms with Gasteiger partial charge in [0.1, 0.15) is 37.1 Å². The van der Waals surface area contributed by atoms with Crippen molar-refractivity contribution in [1.82, 2.24) is 0 Å². The second-order valence-corrected chi connectivity index (χ2v) is 16.7. The van der Waals surface area contributed by atoms with E-state index in [0.717, 1.165) is 22.9 Å². The molecular formula is C50H48O14S. The van der Waals surface area contributed by atoms with Crippen molar-refractivity contribution in [2.45, 2.75) is 80.4 Å². The summed E-state index contributed by atoms with van der Waals surface area (Å²) in [6, 6.07) is 43.7. The molecule has 0 bridgehead atoms. The van der Waals surface area contributed by atoms with Gasteiger partial charge in [0, 0.05) is 19.6 Å². The molecule has 14 nitrogen and oxygen atoms in total. The average molecular weight is 905 g/mol. The van der Waals surface area contributed by atoms with Gasteiger partial charge in [-0.2, -0.15) is 0 Å². The molecule has 15 heteroatoms. The van der Waals surface area contributed by atoms with Crippen molar-refractivity contribution in [3.8, 4) is 0 Å². The second kappa shape index (κ2) is 22.0. The molecule has 0 spiro atoms. The zero-order valence-electron chi connectivity index (χ0n) is 35.5. The number of carbonyl (C=O) groups is 4. The highest BCUT2D eigenvalue weighted by atomic mass is 32.2. The number of benzene rings is 5. The van der Waals surface area contributed by atoms with Gasteiger partial charge in [-0.05, 0) is 42.0 Å². The topological polar surface area (TPSA) is 161 Å². The fourth-order valence-corrected chi connectivity index (χ4v) is 8.93. The smallest absolute Gasteiger partial charge is 0.338 e. The molecular weight excluding hydrogens is 857 g/mol. The third-order valence-corrected chi connectivity index (χ3v) is 12.1. The summed E-state index contributed by atoms with van der Waals surface area (Å²) >= 11 is 1.02. The van der Waals surface area contributed by atoms with Gasteiger partial charge in [-0.3, -0.25) is 4.79 Å². The minimum absolute atomic E-state index is 0.0409. The summed E-state index contributed by atoms with van der Waals surface area (Å²) in [5.41, 5.74) is 2.27. The van der Waals surface area contributed by atoms with E-state index in [0.29, 0.717) is 0 Å². The van der Waals surface area contributed by atoms with Gasteiger partial charge in [-0.25, -0.2) is 14.4 Å². The Hall–Kier alpha value is -5.75. The summed E-state index contributed by atoms with van der Waals surface area (Å²) in [5.74, 6) is -2.21. The van der Waals surface area contributed by atoms with E-state index in [9.17, 15) is 19.2 Å². The third kappa shape index (κ3) is 11.4. The van der Waals surface area contributed by atoms with Crippen LogP contribution in [0.5, 0.6) is 0 Å². The van der Waals surface area contributed by atoms with Gasteiger partial charge < -0.3 is 47.4 Å². The average Bonchev–Trinajstić information content (AvgIpc) is 3.35. The van der Waals surface area contributed by atoms with Crippen molar-refractivity contribution in [1.29, 1.82) is 0 Å². The number of fused-ring (bicyclic) bond motifs is 1. The fraction of sp³-hybridized carbons (Fsp3) is 0.320. The number of esters is 3. The lowest BCUT2D eigenvalue weighted by molar-refractivity contribution is -0.369. The van der Waals surface area contributed by atoms with Crippen molar-refractivity contribution < 1.29 is 66.5 Å². The standard InChI is InChI=1S/C50H48O14S/c1-31(51)65-44-40-38(30-58-48(64-40)36-26-16-7-17-27-36)60-50(43(44)56-28-32-18-8-3-9-19-32)63-39-37(29-57-45(52)33-20-10-4-11-21-33)59-49(55-2)42(62-47(54)35-24-14-6-15-25-35)41(39)61-46(53)34-22-12-5-13-23-34/h3-27,37-44,48-50H,28-30H2,1-2H3/t37-,38-,39-,40+,41+,42-,43-,44+,48-,49-,50+/m1/s1. The van der Waals surface area contributed by atoms with Gasteiger partial charge in [-0.15, -0.1) is 0 Å². The van der Waals surface area contributed by atoms with E-state index < -0.39 is 91.4 Å². The predicted molar refractivity (Wildman–Crippen MR) is 234 cm³/mol. The molecule has 3 aliphatic rings. The quantitative estimate of drug-likeness (QED) is 0.0771. The molecule has 65 heavy (non-hydrogen) atoms. The van der Waals surface area contributed by atoms with Crippen LogP contribution >= 0.6 is 11.8 Å². The first-order chi connectivity index (χ1) is 31.7. The van der Waals surface area contributed by atoms with E-state index in [2.05, 4.69) is 0 Å². The maximum Gasteiger partial charge on any atom is 0.338 e. The van der Waals surface area contributed by atoms with E-state index in [1.165, 1.54) is 14.0 Å². The molecule has 8 rings (SSSR count). The second-order valence-electron chi connectivity index (χ2n) is 15.4. The summed E-state index contributed by atoms with van der Waals surface area (Å²) in [6.45, 7) is 1.13. The van der Waals surface area contributed by atoms with Crippen LogP contribution in [0.3, 0.4) is 0 Å². The molecule has 5 aromatic rings. The maximum atomic E-state index is 14.1. The van der Waals surface area contributed by atoms with Gasteiger partial charge in [0.25, 0.3) is 0 Å². The van der Waals surface area contributed by atoms with Crippen molar-refractivity contribution in [3.05, 3.63) is 179 Å². The molecule has 3 fully saturated rings. The molecule has 11 atom stereocenters. The van der Waals surface area contributed by atoms with Crippen LogP contribution in [0, 0.1) is 0 Å². The van der Waals surface area contributed by atoms with E-state index in [1.807, 2.05) is 60.7 Å². The number of hydrogen-bond acceptors (Lipinski definition) is 15. The Morgan fingerprint density at radius 3 is 1.71 bits per heavy atom. The summed E-state index contributed by atoms with van der Waals surface area (Å²) in [4.78, 5) is 54.6. The molecule has 3 aliphatic heterocycles. The molecule has 0 unspecified atom stereocenters. The highest BCUT2D eigenvalue weighted by molar-refractivity contribution is 8.14. The number of rotatable bonds is 15. The number of methoxy groups -OCH3 is 1. The van der Waals surface area contributed by atoms with Crippen LogP contribution in [0.4, 0.5) is 0 Å². The van der Waals surface area contributed by atoms with Gasteiger partial charge in [0.15, 0.2) is 36.2 Å². The normalized spacial score (nSPS) is 27.4. The zero-order valence-corrected chi connectivity index (χ0v) is 36.3. The molecule has 0 radical (unpaired) electrons. The Morgan fingerprint density at radius 1 is 0.600 bits per heavy atom. The third-order valence-electron chi connectivity index (χ3n) is 11.0. The van der Waals surface area contributed by atoms with E-state index in [-0.39, 0.29) is 35.0 Å². The van der Waals surface area contributed by atoms with Gasteiger partial charge in [-0.1, -0.05) is 127 Å². The largest absolute Gasteiger partial charge is 0.459 e.